The van der Waals surface area contributed by atoms with Crippen molar-refractivity contribution >= 4 is 17.3 Å². The Morgan fingerprint density at radius 2 is 2.15 bits per heavy atom. The molecule has 0 amide bonds. The third-order valence-corrected chi connectivity index (χ3v) is 4.54. The molecule has 0 spiro atoms. The molecule has 1 saturated heterocycles. The van der Waals surface area contributed by atoms with E-state index in [1.54, 1.807) is 6.07 Å². The third kappa shape index (κ3) is 2.92. The second-order valence-corrected chi connectivity index (χ2v) is 6.18. The minimum absolute atomic E-state index is 0.537. The maximum Gasteiger partial charge on any atom is 0.103 e. The van der Waals surface area contributed by atoms with E-state index in [0.29, 0.717) is 22.7 Å². The Hall–Kier alpha value is -1.24. The summed E-state index contributed by atoms with van der Waals surface area (Å²) in [7, 11) is 0. The molecule has 1 aromatic rings. The van der Waals surface area contributed by atoms with Gasteiger partial charge in [-0.3, -0.25) is 0 Å². The van der Waals surface area contributed by atoms with Gasteiger partial charge in [-0.15, -0.1) is 0 Å². The van der Waals surface area contributed by atoms with Crippen molar-refractivity contribution in [3.63, 3.8) is 0 Å². The summed E-state index contributed by atoms with van der Waals surface area (Å²) >= 11 is 6.18. The molecule has 106 valence electrons. The molecule has 1 heterocycles. The van der Waals surface area contributed by atoms with E-state index in [4.69, 9.17) is 11.6 Å². The van der Waals surface area contributed by atoms with Crippen LogP contribution >= 0.6 is 11.6 Å². The number of piperidine rings is 1. The molecule has 0 radical (unpaired) electrons. The number of nitriles is 1. The van der Waals surface area contributed by atoms with Crippen molar-refractivity contribution in [2.45, 2.75) is 44.2 Å². The zero-order valence-electron chi connectivity index (χ0n) is 11.6. The molecule has 1 N–H and O–H groups in total. The van der Waals surface area contributed by atoms with Gasteiger partial charge in [0.25, 0.3) is 0 Å². The van der Waals surface area contributed by atoms with Gasteiger partial charge in [-0.05, 0) is 44.4 Å². The lowest BCUT2D eigenvalue weighted by Gasteiger charge is -2.32. The highest BCUT2D eigenvalue weighted by molar-refractivity contribution is 6.32. The Balaban J connectivity index is 1.83. The lowest BCUT2D eigenvalue weighted by Crippen LogP contribution is -2.44. The highest BCUT2D eigenvalue weighted by Crippen LogP contribution is 2.36. The molecule has 2 aliphatic rings. The van der Waals surface area contributed by atoms with Crippen LogP contribution in [0.4, 0.5) is 5.69 Å². The molecule has 0 bridgehead atoms. The largest absolute Gasteiger partial charge is 0.366 e. The molecular weight excluding hydrogens is 270 g/mol. The fraction of sp³-hybridized carbons (Fsp3) is 0.562. The van der Waals surface area contributed by atoms with E-state index in [1.807, 2.05) is 12.1 Å². The third-order valence-electron chi connectivity index (χ3n) is 4.23. The van der Waals surface area contributed by atoms with Crippen LogP contribution in [-0.4, -0.2) is 25.2 Å². The van der Waals surface area contributed by atoms with Gasteiger partial charge < -0.3 is 10.2 Å². The number of nitrogens with one attached hydrogen (secondary N) is 1. The van der Waals surface area contributed by atoms with Gasteiger partial charge in [0.2, 0.25) is 0 Å². The molecule has 4 heteroatoms. The Morgan fingerprint density at radius 1 is 1.30 bits per heavy atom. The van der Waals surface area contributed by atoms with E-state index >= 15 is 0 Å². The van der Waals surface area contributed by atoms with Gasteiger partial charge in [0.05, 0.1) is 16.3 Å². The van der Waals surface area contributed by atoms with Crippen molar-refractivity contribution < 1.29 is 0 Å². The Bertz CT molecular complexity index is 513. The van der Waals surface area contributed by atoms with Gasteiger partial charge in [0.1, 0.15) is 6.07 Å². The Labute approximate surface area is 125 Å². The predicted molar refractivity (Wildman–Crippen MR) is 82.2 cm³/mol. The molecule has 3 nitrogen and oxygen atoms in total. The van der Waals surface area contributed by atoms with Crippen LogP contribution in [0.5, 0.6) is 0 Å². The molecular formula is C16H20ClN3. The van der Waals surface area contributed by atoms with Crippen LogP contribution in [-0.2, 0) is 0 Å². The molecule has 20 heavy (non-hydrogen) atoms. The average Bonchev–Trinajstić information content (AvgIpc) is 3.30. The maximum atomic E-state index is 9.38. The topological polar surface area (TPSA) is 39.1 Å². The van der Waals surface area contributed by atoms with Gasteiger partial charge >= 0.3 is 0 Å². The van der Waals surface area contributed by atoms with Crippen LogP contribution in [0, 0.1) is 11.3 Å². The normalized spacial score (nSPS) is 22.3. The second kappa shape index (κ2) is 6.03. The van der Waals surface area contributed by atoms with E-state index in [9.17, 15) is 5.26 Å². The van der Waals surface area contributed by atoms with Crippen LogP contribution in [0.25, 0.3) is 0 Å². The van der Waals surface area contributed by atoms with Gasteiger partial charge in [-0.2, -0.15) is 5.26 Å². The first-order valence-electron chi connectivity index (χ1n) is 7.48. The van der Waals surface area contributed by atoms with Crippen LogP contribution in [0.2, 0.25) is 5.02 Å². The summed E-state index contributed by atoms with van der Waals surface area (Å²) in [5.74, 6) is 0. The van der Waals surface area contributed by atoms with Gasteiger partial charge in [-0.1, -0.05) is 24.1 Å². The molecule has 1 aliphatic heterocycles. The van der Waals surface area contributed by atoms with Crippen LogP contribution in [0.3, 0.4) is 0 Å². The number of anilines is 1. The number of hydrogen-bond acceptors (Lipinski definition) is 3. The van der Waals surface area contributed by atoms with E-state index in [2.05, 4.69) is 16.3 Å². The zero-order chi connectivity index (χ0) is 13.9. The quantitative estimate of drug-likeness (QED) is 0.924. The van der Waals surface area contributed by atoms with E-state index < -0.39 is 0 Å². The summed E-state index contributed by atoms with van der Waals surface area (Å²) in [6, 6.07) is 9.17. The van der Waals surface area contributed by atoms with E-state index in [1.165, 1.54) is 32.1 Å². The summed E-state index contributed by atoms with van der Waals surface area (Å²) in [5, 5.41) is 13.5. The van der Waals surface area contributed by atoms with E-state index in [0.717, 1.165) is 18.8 Å². The Morgan fingerprint density at radius 3 is 2.80 bits per heavy atom. The first-order valence-corrected chi connectivity index (χ1v) is 7.86. The summed E-state index contributed by atoms with van der Waals surface area (Å²) in [6.07, 6.45) is 6.26. The SMILES string of the molecule is N#Cc1c(Cl)cccc1N(CC1CCCCN1)C1CC1. The van der Waals surface area contributed by atoms with Crippen LogP contribution < -0.4 is 10.2 Å². The molecule has 1 saturated carbocycles. The van der Waals surface area contributed by atoms with Gasteiger partial charge in [0.15, 0.2) is 0 Å². The number of halogens is 1. The fourth-order valence-electron chi connectivity index (χ4n) is 3.01. The number of hydrogen-bond donors (Lipinski definition) is 1. The maximum absolute atomic E-state index is 9.38. The highest BCUT2D eigenvalue weighted by Gasteiger charge is 2.32. The minimum atomic E-state index is 0.537. The van der Waals surface area contributed by atoms with E-state index in [-0.39, 0.29) is 0 Å². The van der Waals surface area contributed by atoms with Crippen molar-refractivity contribution in [3.05, 3.63) is 28.8 Å². The lowest BCUT2D eigenvalue weighted by molar-refractivity contribution is 0.398. The molecule has 3 rings (SSSR count). The number of nitrogens with zero attached hydrogens (tertiary/aromatic N) is 2. The van der Waals surface area contributed by atoms with Crippen molar-refractivity contribution in [3.8, 4) is 6.07 Å². The first kappa shape index (κ1) is 13.7. The van der Waals surface area contributed by atoms with Crippen molar-refractivity contribution in [2.75, 3.05) is 18.0 Å². The second-order valence-electron chi connectivity index (χ2n) is 5.78. The molecule has 1 aliphatic carbocycles. The summed E-state index contributed by atoms with van der Waals surface area (Å²) in [6.45, 7) is 2.10. The average molecular weight is 290 g/mol. The highest BCUT2D eigenvalue weighted by atomic mass is 35.5. The molecule has 1 unspecified atom stereocenters. The number of rotatable bonds is 4. The molecule has 1 atom stereocenters. The lowest BCUT2D eigenvalue weighted by atomic mass is 10.0. The number of benzene rings is 1. The van der Waals surface area contributed by atoms with Gasteiger partial charge in [0, 0.05) is 18.6 Å². The summed E-state index contributed by atoms with van der Waals surface area (Å²) < 4.78 is 0. The minimum Gasteiger partial charge on any atom is -0.366 e. The first-order chi connectivity index (χ1) is 9.79. The molecule has 1 aromatic carbocycles. The zero-order valence-corrected chi connectivity index (χ0v) is 12.4. The molecule has 0 aromatic heterocycles. The van der Waals surface area contributed by atoms with Crippen molar-refractivity contribution in [2.24, 2.45) is 0 Å². The van der Waals surface area contributed by atoms with Crippen LogP contribution in [0.15, 0.2) is 18.2 Å². The molecule has 2 fully saturated rings. The smallest absolute Gasteiger partial charge is 0.103 e. The Kier molecular flexibility index (Phi) is 4.14. The van der Waals surface area contributed by atoms with Crippen molar-refractivity contribution in [1.29, 1.82) is 5.26 Å². The fourth-order valence-corrected chi connectivity index (χ4v) is 3.22. The monoisotopic (exact) mass is 289 g/mol. The summed E-state index contributed by atoms with van der Waals surface area (Å²) in [4.78, 5) is 2.40. The van der Waals surface area contributed by atoms with Crippen molar-refractivity contribution in [1.82, 2.24) is 5.32 Å². The standard InChI is InChI=1S/C16H20ClN3/c17-15-5-3-6-16(14(15)10-18)20(13-7-8-13)11-12-4-1-2-9-19-12/h3,5-6,12-13,19H,1-2,4,7-9,11H2. The van der Waals surface area contributed by atoms with Gasteiger partial charge in [-0.25, -0.2) is 0 Å². The summed E-state index contributed by atoms with van der Waals surface area (Å²) in [5.41, 5.74) is 1.63. The predicted octanol–water partition coefficient (Wildman–Crippen LogP) is 3.32. The van der Waals surface area contributed by atoms with Crippen LogP contribution in [0.1, 0.15) is 37.7 Å².